The molecule has 0 saturated heterocycles. The van der Waals surface area contributed by atoms with Gasteiger partial charge in [-0.05, 0) is 5.56 Å². The van der Waals surface area contributed by atoms with Crippen molar-refractivity contribution >= 4 is 11.8 Å². The maximum absolute atomic E-state index is 10.6. The normalized spacial score (nSPS) is 9.71. The summed E-state index contributed by atoms with van der Waals surface area (Å²) in [6.07, 6.45) is 0. The number of carboxylic acid groups (broad SMARTS) is 1. The Morgan fingerprint density at radius 1 is 1.21 bits per heavy atom. The van der Waals surface area contributed by atoms with Crippen molar-refractivity contribution in [3.63, 3.8) is 0 Å². The number of carbonyl (C=O) groups is 2. The van der Waals surface area contributed by atoms with E-state index < -0.39 is 11.8 Å². The number of aliphatic carboxylic acids is 1. The van der Waals surface area contributed by atoms with Crippen molar-refractivity contribution in [2.75, 3.05) is 6.61 Å². The Labute approximate surface area is 81.1 Å². The molecule has 1 aromatic carbocycles. The standard InChI is InChI=1S/C10H10O4/c11-9(10(12)13)7-14-6-8-4-2-1-3-5-8/h1-5H,6-7H2,(H,12,13). The molecule has 0 amide bonds. The monoisotopic (exact) mass is 194 g/mol. The lowest BCUT2D eigenvalue weighted by atomic mass is 10.2. The third-order valence-corrected chi connectivity index (χ3v) is 1.58. The smallest absolute Gasteiger partial charge is 0.374 e. The number of rotatable bonds is 5. The molecule has 0 saturated carbocycles. The highest BCUT2D eigenvalue weighted by atomic mass is 16.5. The Hall–Kier alpha value is -1.68. The fourth-order valence-electron chi connectivity index (χ4n) is 0.898. The highest BCUT2D eigenvalue weighted by Gasteiger charge is 2.10. The highest BCUT2D eigenvalue weighted by molar-refractivity contribution is 6.33. The van der Waals surface area contributed by atoms with Gasteiger partial charge in [-0.2, -0.15) is 0 Å². The molecule has 0 aliphatic carbocycles. The van der Waals surface area contributed by atoms with Crippen LogP contribution >= 0.6 is 0 Å². The minimum absolute atomic E-state index is 0.250. The van der Waals surface area contributed by atoms with Gasteiger partial charge in [-0.3, -0.25) is 4.79 Å². The Bertz CT molecular complexity index is 318. The van der Waals surface area contributed by atoms with E-state index in [-0.39, 0.29) is 13.2 Å². The van der Waals surface area contributed by atoms with Crippen LogP contribution in [-0.2, 0) is 20.9 Å². The lowest BCUT2D eigenvalue weighted by molar-refractivity contribution is -0.151. The van der Waals surface area contributed by atoms with E-state index in [1.165, 1.54) is 0 Å². The second kappa shape index (κ2) is 5.14. The van der Waals surface area contributed by atoms with Crippen LogP contribution in [0.25, 0.3) is 0 Å². The number of ketones is 1. The van der Waals surface area contributed by atoms with E-state index in [2.05, 4.69) is 0 Å². The van der Waals surface area contributed by atoms with Gasteiger partial charge in [0.25, 0.3) is 5.78 Å². The summed E-state index contributed by atoms with van der Waals surface area (Å²) in [4.78, 5) is 20.7. The van der Waals surface area contributed by atoms with Crippen LogP contribution in [0.15, 0.2) is 30.3 Å². The molecule has 1 rings (SSSR count). The van der Waals surface area contributed by atoms with E-state index in [1.54, 1.807) is 0 Å². The van der Waals surface area contributed by atoms with Crippen molar-refractivity contribution in [2.45, 2.75) is 6.61 Å². The molecule has 0 atom stereocenters. The molecular formula is C10H10O4. The molecule has 0 aliphatic heterocycles. The second-order valence-corrected chi connectivity index (χ2v) is 2.71. The Kier molecular flexibility index (Phi) is 3.82. The van der Waals surface area contributed by atoms with Gasteiger partial charge in [0.05, 0.1) is 6.61 Å². The van der Waals surface area contributed by atoms with Crippen molar-refractivity contribution in [1.29, 1.82) is 0 Å². The Morgan fingerprint density at radius 2 is 1.86 bits per heavy atom. The van der Waals surface area contributed by atoms with Crippen molar-refractivity contribution in [3.8, 4) is 0 Å². The first-order valence-electron chi connectivity index (χ1n) is 4.08. The summed E-state index contributed by atoms with van der Waals surface area (Å²) in [5.74, 6) is -2.39. The minimum Gasteiger partial charge on any atom is -0.475 e. The third-order valence-electron chi connectivity index (χ3n) is 1.58. The minimum atomic E-state index is -1.46. The van der Waals surface area contributed by atoms with Crippen molar-refractivity contribution in [1.82, 2.24) is 0 Å². The molecule has 0 heterocycles. The Morgan fingerprint density at radius 3 is 2.43 bits per heavy atom. The molecule has 0 fully saturated rings. The van der Waals surface area contributed by atoms with E-state index in [9.17, 15) is 9.59 Å². The summed E-state index contributed by atoms with van der Waals surface area (Å²) < 4.78 is 4.91. The number of hydrogen-bond donors (Lipinski definition) is 1. The zero-order valence-electron chi connectivity index (χ0n) is 7.47. The largest absolute Gasteiger partial charge is 0.475 e. The van der Waals surface area contributed by atoms with Gasteiger partial charge in [0.1, 0.15) is 6.61 Å². The first kappa shape index (κ1) is 10.4. The van der Waals surface area contributed by atoms with Crippen LogP contribution in [-0.4, -0.2) is 23.5 Å². The Balaban J connectivity index is 2.29. The zero-order chi connectivity index (χ0) is 10.4. The third kappa shape index (κ3) is 3.37. The predicted molar refractivity (Wildman–Crippen MR) is 48.7 cm³/mol. The van der Waals surface area contributed by atoms with E-state index in [0.717, 1.165) is 5.56 Å². The van der Waals surface area contributed by atoms with Gasteiger partial charge in [0.2, 0.25) is 0 Å². The fraction of sp³-hybridized carbons (Fsp3) is 0.200. The summed E-state index contributed by atoms with van der Waals surface area (Å²) in [6, 6.07) is 9.23. The van der Waals surface area contributed by atoms with Gasteiger partial charge in [0.15, 0.2) is 0 Å². The highest BCUT2D eigenvalue weighted by Crippen LogP contribution is 1.99. The van der Waals surface area contributed by atoms with Crippen LogP contribution in [0.1, 0.15) is 5.56 Å². The SMILES string of the molecule is O=C(O)C(=O)COCc1ccccc1. The number of carbonyl (C=O) groups excluding carboxylic acids is 1. The molecule has 74 valence electrons. The topological polar surface area (TPSA) is 63.6 Å². The number of hydrogen-bond acceptors (Lipinski definition) is 3. The maximum atomic E-state index is 10.6. The van der Waals surface area contributed by atoms with Gasteiger partial charge in [0, 0.05) is 0 Å². The zero-order valence-corrected chi connectivity index (χ0v) is 7.47. The second-order valence-electron chi connectivity index (χ2n) is 2.71. The molecule has 0 bridgehead atoms. The molecule has 0 aromatic heterocycles. The molecule has 4 heteroatoms. The first-order valence-corrected chi connectivity index (χ1v) is 4.08. The summed E-state index contributed by atoms with van der Waals surface area (Å²) in [5, 5.41) is 8.25. The fourth-order valence-corrected chi connectivity index (χ4v) is 0.898. The molecule has 0 spiro atoms. The van der Waals surface area contributed by atoms with Gasteiger partial charge in [-0.15, -0.1) is 0 Å². The molecule has 1 aromatic rings. The van der Waals surface area contributed by atoms with Crippen molar-refractivity contribution in [3.05, 3.63) is 35.9 Å². The van der Waals surface area contributed by atoms with Gasteiger partial charge in [-0.1, -0.05) is 30.3 Å². The summed E-state index contributed by atoms with van der Waals surface area (Å²) in [6.45, 7) is -0.135. The van der Waals surface area contributed by atoms with Crippen molar-refractivity contribution < 1.29 is 19.4 Å². The number of Topliss-reactive ketones (excluding diaryl/α,β-unsaturated/α-hetero) is 1. The molecule has 4 nitrogen and oxygen atoms in total. The van der Waals surface area contributed by atoms with Gasteiger partial charge in [-0.25, -0.2) is 4.79 Å². The van der Waals surface area contributed by atoms with Gasteiger partial charge >= 0.3 is 5.97 Å². The van der Waals surface area contributed by atoms with Crippen LogP contribution in [0.5, 0.6) is 0 Å². The van der Waals surface area contributed by atoms with E-state index in [0.29, 0.717) is 0 Å². The van der Waals surface area contributed by atoms with Crippen molar-refractivity contribution in [2.24, 2.45) is 0 Å². The van der Waals surface area contributed by atoms with E-state index >= 15 is 0 Å². The predicted octanol–water partition coefficient (Wildman–Crippen LogP) is 0.857. The number of carboxylic acids is 1. The van der Waals surface area contributed by atoms with Gasteiger partial charge < -0.3 is 9.84 Å². The average molecular weight is 194 g/mol. The quantitative estimate of drug-likeness (QED) is 0.706. The summed E-state index contributed by atoms with van der Waals surface area (Å²) >= 11 is 0. The molecule has 0 radical (unpaired) electrons. The number of benzene rings is 1. The number of ether oxygens (including phenoxy) is 1. The molecule has 1 N–H and O–H groups in total. The average Bonchev–Trinajstić information content (AvgIpc) is 2.19. The van der Waals surface area contributed by atoms with Crippen LogP contribution < -0.4 is 0 Å². The van der Waals surface area contributed by atoms with Crippen LogP contribution in [0.4, 0.5) is 0 Å². The van der Waals surface area contributed by atoms with Crippen LogP contribution in [0, 0.1) is 0 Å². The molecule has 14 heavy (non-hydrogen) atoms. The summed E-state index contributed by atoms with van der Waals surface area (Å²) in [5.41, 5.74) is 0.908. The maximum Gasteiger partial charge on any atom is 0.374 e. The lowest BCUT2D eigenvalue weighted by Crippen LogP contribution is -2.18. The lowest BCUT2D eigenvalue weighted by Gasteiger charge is -2.00. The first-order chi connectivity index (χ1) is 6.70. The van der Waals surface area contributed by atoms with E-state index in [4.69, 9.17) is 9.84 Å². The van der Waals surface area contributed by atoms with Crippen LogP contribution in [0.2, 0.25) is 0 Å². The van der Waals surface area contributed by atoms with E-state index in [1.807, 2.05) is 30.3 Å². The molecule has 0 aliphatic rings. The van der Waals surface area contributed by atoms with Crippen LogP contribution in [0.3, 0.4) is 0 Å². The summed E-state index contributed by atoms with van der Waals surface area (Å²) in [7, 11) is 0. The molecular weight excluding hydrogens is 184 g/mol. The molecule has 0 unspecified atom stereocenters.